The number of hydrogen-bond acceptors (Lipinski definition) is 3. The molecule has 0 unspecified atom stereocenters. The van der Waals surface area contributed by atoms with E-state index in [0.29, 0.717) is 0 Å². The molecule has 0 amide bonds. The van der Waals surface area contributed by atoms with Gasteiger partial charge in [0.15, 0.2) is 0 Å². The molecule has 0 atom stereocenters. The molecule has 0 spiro atoms. The largest absolute Gasteiger partial charge is 1.00 e. The smallest absolute Gasteiger partial charge is 1.00 e. The van der Waals surface area contributed by atoms with Gasteiger partial charge in [-0.3, -0.25) is 14.4 Å². The SMILES string of the molecule is O=C(O)CCC(=O)CC(=O)O.[H-].[H-].[K+].[K+]. The molecule has 0 aliphatic rings. The first-order valence-electron chi connectivity index (χ1n) is 2.97. The van der Waals surface area contributed by atoms with Crippen molar-refractivity contribution in [2.75, 3.05) is 0 Å². The third-order valence-corrected chi connectivity index (χ3v) is 0.966. The summed E-state index contributed by atoms with van der Waals surface area (Å²) in [4.78, 5) is 30.3. The van der Waals surface area contributed by atoms with Crippen LogP contribution in [-0.2, 0) is 14.4 Å². The van der Waals surface area contributed by atoms with Gasteiger partial charge in [-0.1, -0.05) is 0 Å². The molecule has 0 saturated carbocycles. The van der Waals surface area contributed by atoms with Crippen molar-refractivity contribution >= 4 is 17.7 Å². The molecule has 0 heterocycles. The fourth-order valence-corrected chi connectivity index (χ4v) is 0.503. The van der Waals surface area contributed by atoms with Gasteiger partial charge in [-0.15, -0.1) is 0 Å². The van der Waals surface area contributed by atoms with Crippen molar-refractivity contribution in [2.24, 2.45) is 0 Å². The van der Waals surface area contributed by atoms with Crippen molar-refractivity contribution < 1.29 is 130 Å². The third-order valence-electron chi connectivity index (χ3n) is 0.966. The average Bonchev–Trinajstić information content (AvgIpc) is 1.82. The van der Waals surface area contributed by atoms with Crippen LogP contribution in [0.5, 0.6) is 0 Å². The number of Topliss-reactive ketones (excluding diaryl/α,β-unsaturated/α-hetero) is 1. The van der Waals surface area contributed by atoms with E-state index < -0.39 is 24.1 Å². The zero-order valence-electron chi connectivity index (χ0n) is 9.74. The van der Waals surface area contributed by atoms with Crippen molar-refractivity contribution in [1.82, 2.24) is 0 Å². The van der Waals surface area contributed by atoms with Crippen LogP contribution in [0, 0.1) is 0 Å². The molecule has 0 rings (SSSR count). The third kappa shape index (κ3) is 16.6. The average molecular weight is 240 g/mol. The molecule has 0 aromatic rings. The first-order valence-corrected chi connectivity index (χ1v) is 2.97. The Morgan fingerprint density at radius 2 is 1.38 bits per heavy atom. The van der Waals surface area contributed by atoms with Crippen molar-refractivity contribution in [3.8, 4) is 0 Å². The van der Waals surface area contributed by atoms with Crippen molar-refractivity contribution in [3.63, 3.8) is 0 Å². The van der Waals surface area contributed by atoms with Crippen LogP contribution in [0.15, 0.2) is 0 Å². The molecule has 2 N–H and O–H groups in total. The summed E-state index contributed by atoms with van der Waals surface area (Å²) < 4.78 is 0. The maximum absolute atomic E-state index is 10.5. The summed E-state index contributed by atoms with van der Waals surface area (Å²) in [5, 5.41) is 16.2. The fraction of sp³-hybridized carbons (Fsp3) is 0.500. The van der Waals surface area contributed by atoms with Gasteiger partial charge in [0.2, 0.25) is 0 Å². The molecule has 0 fully saturated rings. The Kier molecular flexibility index (Phi) is 18.7. The molecular weight excluding hydrogens is 230 g/mol. The summed E-state index contributed by atoms with van der Waals surface area (Å²) in [7, 11) is 0. The van der Waals surface area contributed by atoms with Crippen LogP contribution >= 0.6 is 0 Å². The minimum absolute atomic E-state index is 0. The van der Waals surface area contributed by atoms with E-state index in [1.807, 2.05) is 0 Å². The van der Waals surface area contributed by atoms with Gasteiger partial charge in [0.05, 0.1) is 6.42 Å². The minimum Gasteiger partial charge on any atom is -1.00 e. The predicted octanol–water partition coefficient (Wildman–Crippen LogP) is -5.87. The van der Waals surface area contributed by atoms with E-state index >= 15 is 0 Å². The molecule has 7 heteroatoms. The zero-order chi connectivity index (χ0) is 8.85. The van der Waals surface area contributed by atoms with Gasteiger partial charge in [0.25, 0.3) is 0 Å². The number of carbonyl (C=O) groups excluding carboxylic acids is 1. The summed E-state index contributed by atoms with van der Waals surface area (Å²) in [6.07, 6.45) is -1.10. The molecule has 13 heavy (non-hydrogen) atoms. The predicted molar refractivity (Wildman–Crippen MR) is 36.4 cm³/mol. The second-order valence-electron chi connectivity index (χ2n) is 2.00. The van der Waals surface area contributed by atoms with E-state index in [1.54, 1.807) is 0 Å². The molecule has 0 aliphatic heterocycles. The molecule has 66 valence electrons. The quantitative estimate of drug-likeness (QED) is 0.369. The van der Waals surface area contributed by atoms with E-state index in [4.69, 9.17) is 10.2 Å². The Hall–Kier alpha value is 1.88. The van der Waals surface area contributed by atoms with Crippen LogP contribution in [0.4, 0.5) is 0 Å². The Labute approximate surface area is 163 Å². The van der Waals surface area contributed by atoms with Crippen LogP contribution in [0.3, 0.4) is 0 Å². The Bertz CT molecular complexity index is 200. The van der Waals surface area contributed by atoms with Crippen LogP contribution in [0.25, 0.3) is 0 Å². The van der Waals surface area contributed by atoms with E-state index in [-0.39, 0.29) is 118 Å². The first-order chi connectivity index (χ1) is 5.02. The van der Waals surface area contributed by atoms with Crippen molar-refractivity contribution in [1.29, 1.82) is 0 Å². The standard InChI is InChI=1S/C6H8O5.2K.2H/c7-4(3-6(10)11)1-2-5(8)9;;;;/h1-3H2,(H,8,9)(H,10,11);;;;/q;2*+1;2*-1. The van der Waals surface area contributed by atoms with E-state index in [9.17, 15) is 14.4 Å². The summed E-state index contributed by atoms with van der Waals surface area (Å²) in [5.41, 5.74) is 0. The Morgan fingerprint density at radius 3 is 1.69 bits per heavy atom. The van der Waals surface area contributed by atoms with Gasteiger partial charge in [-0.2, -0.15) is 0 Å². The first kappa shape index (κ1) is 20.3. The molecule has 0 aliphatic carbocycles. The second-order valence-corrected chi connectivity index (χ2v) is 2.00. The van der Waals surface area contributed by atoms with Gasteiger partial charge < -0.3 is 13.1 Å². The topological polar surface area (TPSA) is 91.7 Å². The van der Waals surface area contributed by atoms with Gasteiger partial charge in [0.1, 0.15) is 12.2 Å². The number of aliphatic carboxylic acids is 2. The number of rotatable bonds is 5. The maximum atomic E-state index is 10.5. The number of carboxylic acid groups (broad SMARTS) is 2. The molecule has 0 aromatic carbocycles. The van der Waals surface area contributed by atoms with Crippen LogP contribution < -0.4 is 103 Å². The summed E-state index contributed by atoms with van der Waals surface area (Å²) >= 11 is 0. The van der Waals surface area contributed by atoms with Gasteiger partial charge in [-0.05, 0) is 0 Å². The van der Waals surface area contributed by atoms with E-state index in [2.05, 4.69) is 0 Å². The zero-order valence-corrected chi connectivity index (χ0v) is 14.0. The molecular formula is C6H10K2O5. The van der Waals surface area contributed by atoms with Crippen LogP contribution in [0.2, 0.25) is 0 Å². The molecule has 0 bridgehead atoms. The number of hydrogen-bond donors (Lipinski definition) is 2. The molecule has 0 saturated heterocycles. The number of carbonyl (C=O) groups is 3. The minimum atomic E-state index is -1.22. The van der Waals surface area contributed by atoms with E-state index in [1.165, 1.54) is 0 Å². The summed E-state index contributed by atoms with van der Waals surface area (Å²) in [5.74, 6) is -2.87. The summed E-state index contributed by atoms with van der Waals surface area (Å²) in [6, 6.07) is 0. The normalized spacial score (nSPS) is 7.69. The second kappa shape index (κ2) is 12.0. The molecule has 0 aromatic heterocycles. The Morgan fingerprint density at radius 1 is 0.923 bits per heavy atom. The van der Waals surface area contributed by atoms with Gasteiger partial charge in [-0.25, -0.2) is 0 Å². The molecule has 0 radical (unpaired) electrons. The van der Waals surface area contributed by atoms with Crippen LogP contribution in [0.1, 0.15) is 22.1 Å². The maximum Gasteiger partial charge on any atom is 1.00 e. The monoisotopic (exact) mass is 240 g/mol. The van der Waals surface area contributed by atoms with Crippen molar-refractivity contribution in [2.45, 2.75) is 19.3 Å². The molecule has 5 nitrogen and oxygen atoms in total. The van der Waals surface area contributed by atoms with Crippen LogP contribution in [-0.4, -0.2) is 27.9 Å². The van der Waals surface area contributed by atoms with Gasteiger partial charge in [0, 0.05) is 6.42 Å². The summed E-state index contributed by atoms with van der Waals surface area (Å²) in [6.45, 7) is 0. The van der Waals surface area contributed by atoms with E-state index in [0.717, 1.165) is 0 Å². The van der Waals surface area contributed by atoms with Crippen molar-refractivity contribution in [3.05, 3.63) is 0 Å². The number of carboxylic acids is 2. The number of ketones is 1. The van der Waals surface area contributed by atoms with Gasteiger partial charge >= 0.3 is 115 Å². The fourth-order valence-electron chi connectivity index (χ4n) is 0.503. The Balaban J connectivity index is -0.0000000833.